The standard InChI is InChI=1S/C30H34Cl3N3O5S/c1-20(2)17-34-30(38)27(15-21-8-6-5-7-9-21)35(18-22-10-12-24(31)25(32)14-22)29(37)19-36(42(4,39)40)23-11-13-28(41-3)26(33)16-23/h5-14,16,20,27H,15,17-19H2,1-4H3,(H,34,38)/t27-/m1/s1. The third kappa shape index (κ3) is 9.26. The summed E-state index contributed by atoms with van der Waals surface area (Å²) >= 11 is 18.7. The minimum absolute atomic E-state index is 0.0245. The van der Waals surface area contributed by atoms with Gasteiger partial charge in [0, 0.05) is 19.5 Å². The van der Waals surface area contributed by atoms with Crippen molar-refractivity contribution in [1.82, 2.24) is 10.2 Å². The maximum absolute atomic E-state index is 14.1. The van der Waals surface area contributed by atoms with E-state index in [1.807, 2.05) is 44.2 Å². The Hall–Kier alpha value is -2.98. The van der Waals surface area contributed by atoms with Gasteiger partial charge in [0.2, 0.25) is 21.8 Å². The van der Waals surface area contributed by atoms with Crippen LogP contribution in [0.5, 0.6) is 5.75 Å². The first-order valence-corrected chi connectivity index (χ1v) is 16.1. The molecule has 0 aliphatic carbocycles. The highest BCUT2D eigenvalue weighted by Crippen LogP contribution is 2.31. The molecule has 42 heavy (non-hydrogen) atoms. The van der Waals surface area contributed by atoms with Crippen LogP contribution in [0.15, 0.2) is 66.7 Å². The summed E-state index contributed by atoms with van der Waals surface area (Å²) in [7, 11) is -2.51. The molecule has 0 fully saturated rings. The van der Waals surface area contributed by atoms with Gasteiger partial charge < -0.3 is 15.0 Å². The van der Waals surface area contributed by atoms with Gasteiger partial charge in [-0.25, -0.2) is 8.42 Å². The zero-order valence-corrected chi connectivity index (χ0v) is 26.9. The lowest BCUT2D eigenvalue weighted by Gasteiger charge is -2.33. The molecule has 0 aromatic heterocycles. The molecule has 0 heterocycles. The number of anilines is 1. The molecule has 8 nitrogen and oxygen atoms in total. The number of nitrogens with one attached hydrogen (secondary N) is 1. The molecule has 3 aromatic carbocycles. The Labute approximate surface area is 262 Å². The first-order valence-electron chi connectivity index (χ1n) is 13.2. The smallest absolute Gasteiger partial charge is 0.244 e. The van der Waals surface area contributed by atoms with Crippen molar-refractivity contribution in [2.75, 3.05) is 30.8 Å². The number of carbonyl (C=O) groups excluding carboxylic acids is 2. The zero-order valence-electron chi connectivity index (χ0n) is 23.8. The van der Waals surface area contributed by atoms with Gasteiger partial charge >= 0.3 is 0 Å². The van der Waals surface area contributed by atoms with Crippen LogP contribution in [-0.4, -0.2) is 57.6 Å². The molecule has 0 bridgehead atoms. The molecular formula is C30H34Cl3N3O5S. The average Bonchev–Trinajstić information content (AvgIpc) is 2.93. The van der Waals surface area contributed by atoms with Gasteiger partial charge in [0.1, 0.15) is 18.3 Å². The van der Waals surface area contributed by atoms with Gasteiger partial charge in [0.25, 0.3) is 0 Å². The summed E-state index contributed by atoms with van der Waals surface area (Å²) in [6, 6.07) is 17.7. The summed E-state index contributed by atoms with van der Waals surface area (Å²) in [5.74, 6) is -0.435. The van der Waals surface area contributed by atoms with Crippen LogP contribution in [0.1, 0.15) is 25.0 Å². The van der Waals surface area contributed by atoms with E-state index >= 15 is 0 Å². The summed E-state index contributed by atoms with van der Waals surface area (Å²) in [4.78, 5) is 29.2. The van der Waals surface area contributed by atoms with Crippen molar-refractivity contribution in [3.63, 3.8) is 0 Å². The Balaban J connectivity index is 2.08. The maximum Gasteiger partial charge on any atom is 0.244 e. The lowest BCUT2D eigenvalue weighted by Crippen LogP contribution is -2.53. The van der Waals surface area contributed by atoms with Crippen LogP contribution in [-0.2, 0) is 32.6 Å². The van der Waals surface area contributed by atoms with Crippen molar-refractivity contribution in [2.24, 2.45) is 5.92 Å². The molecule has 0 unspecified atom stereocenters. The molecule has 0 radical (unpaired) electrons. The number of amides is 2. The lowest BCUT2D eigenvalue weighted by atomic mass is 10.0. The fraction of sp³-hybridized carbons (Fsp3) is 0.333. The van der Waals surface area contributed by atoms with Crippen molar-refractivity contribution in [2.45, 2.75) is 32.9 Å². The Kier molecular flexibility index (Phi) is 11.9. The zero-order chi connectivity index (χ0) is 31.0. The van der Waals surface area contributed by atoms with Gasteiger partial charge in [0.05, 0.1) is 34.1 Å². The van der Waals surface area contributed by atoms with Crippen LogP contribution in [0.2, 0.25) is 15.1 Å². The minimum Gasteiger partial charge on any atom is -0.495 e. The molecule has 0 aliphatic heterocycles. The molecule has 12 heteroatoms. The Morgan fingerprint density at radius 3 is 2.17 bits per heavy atom. The monoisotopic (exact) mass is 653 g/mol. The summed E-state index contributed by atoms with van der Waals surface area (Å²) in [6.45, 7) is 3.73. The van der Waals surface area contributed by atoms with Crippen LogP contribution in [0.4, 0.5) is 5.69 Å². The van der Waals surface area contributed by atoms with E-state index in [2.05, 4.69) is 5.32 Å². The van der Waals surface area contributed by atoms with Crippen molar-refractivity contribution < 1.29 is 22.7 Å². The lowest BCUT2D eigenvalue weighted by molar-refractivity contribution is -0.140. The molecule has 2 amide bonds. The maximum atomic E-state index is 14.1. The third-order valence-electron chi connectivity index (χ3n) is 6.40. The Morgan fingerprint density at radius 2 is 1.60 bits per heavy atom. The quantitative estimate of drug-likeness (QED) is 0.250. The van der Waals surface area contributed by atoms with Gasteiger partial charge in [-0.15, -0.1) is 0 Å². The van der Waals surface area contributed by atoms with E-state index in [1.165, 1.54) is 30.2 Å². The number of halogens is 3. The first kappa shape index (κ1) is 33.5. The van der Waals surface area contributed by atoms with Crippen molar-refractivity contribution in [3.8, 4) is 5.75 Å². The number of hydrogen-bond donors (Lipinski definition) is 1. The highest BCUT2D eigenvalue weighted by Gasteiger charge is 2.33. The number of hydrogen-bond acceptors (Lipinski definition) is 5. The molecule has 0 spiro atoms. The molecule has 0 saturated carbocycles. The average molecular weight is 655 g/mol. The van der Waals surface area contributed by atoms with E-state index in [0.717, 1.165) is 16.1 Å². The number of benzene rings is 3. The second kappa shape index (κ2) is 15.0. The van der Waals surface area contributed by atoms with Crippen molar-refractivity contribution >= 4 is 62.3 Å². The summed E-state index contributed by atoms with van der Waals surface area (Å²) < 4.78 is 32.0. The molecule has 1 N–H and O–H groups in total. The van der Waals surface area contributed by atoms with Crippen molar-refractivity contribution in [3.05, 3.63) is 92.9 Å². The normalized spacial score (nSPS) is 12.1. The molecule has 3 rings (SSSR count). The van der Waals surface area contributed by atoms with Gasteiger partial charge in [0.15, 0.2) is 0 Å². The van der Waals surface area contributed by atoms with Crippen LogP contribution in [0.25, 0.3) is 0 Å². The van der Waals surface area contributed by atoms with Gasteiger partial charge in [-0.2, -0.15) is 0 Å². The van der Waals surface area contributed by atoms with Crippen LogP contribution in [0, 0.1) is 5.92 Å². The van der Waals surface area contributed by atoms with Gasteiger partial charge in [-0.1, -0.05) is 85.0 Å². The molecule has 0 saturated heterocycles. The number of carbonyl (C=O) groups is 2. The highest BCUT2D eigenvalue weighted by atomic mass is 35.5. The molecular weight excluding hydrogens is 621 g/mol. The van der Waals surface area contributed by atoms with E-state index in [9.17, 15) is 18.0 Å². The SMILES string of the molecule is COc1ccc(N(CC(=O)N(Cc2ccc(Cl)c(Cl)c2)[C@H](Cc2ccccc2)C(=O)NCC(C)C)S(C)(=O)=O)cc1Cl. The fourth-order valence-electron chi connectivity index (χ4n) is 4.24. The summed E-state index contributed by atoms with van der Waals surface area (Å²) in [5, 5.41) is 3.74. The van der Waals surface area contributed by atoms with E-state index < -0.39 is 28.5 Å². The Morgan fingerprint density at radius 1 is 0.905 bits per heavy atom. The largest absolute Gasteiger partial charge is 0.495 e. The topological polar surface area (TPSA) is 96.0 Å². The number of methoxy groups -OCH3 is 1. The van der Waals surface area contributed by atoms with E-state index in [0.29, 0.717) is 22.9 Å². The fourth-order valence-corrected chi connectivity index (χ4v) is 5.65. The van der Waals surface area contributed by atoms with Gasteiger partial charge in [-0.05, 0) is 47.4 Å². The molecule has 0 aliphatic rings. The van der Waals surface area contributed by atoms with Crippen LogP contribution in [0.3, 0.4) is 0 Å². The first-order chi connectivity index (χ1) is 19.8. The number of nitrogens with zero attached hydrogens (tertiary/aromatic N) is 2. The third-order valence-corrected chi connectivity index (χ3v) is 8.57. The minimum atomic E-state index is -3.95. The Bertz CT molecular complexity index is 1500. The van der Waals surface area contributed by atoms with Crippen molar-refractivity contribution in [1.29, 1.82) is 0 Å². The highest BCUT2D eigenvalue weighted by molar-refractivity contribution is 7.92. The summed E-state index contributed by atoms with van der Waals surface area (Å²) in [5.41, 5.74) is 1.62. The molecule has 1 atom stereocenters. The number of ether oxygens (including phenoxy) is 1. The van der Waals surface area contributed by atoms with Crippen LogP contribution < -0.4 is 14.4 Å². The predicted molar refractivity (Wildman–Crippen MR) is 169 cm³/mol. The predicted octanol–water partition coefficient (Wildman–Crippen LogP) is 5.83. The number of rotatable bonds is 13. The van der Waals surface area contributed by atoms with E-state index in [1.54, 1.807) is 18.2 Å². The van der Waals surface area contributed by atoms with E-state index in [4.69, 9.17) is 39.5 Å². The van der Waals surface area contributed by atoms with Crippen LogP contribution >= 0.6 is 34.8 Å². The second-order valence-corrected chi connectivity index (χ2v) is 13.3. The second-order valence-electron chi connectivity index (χ2n) is 10.2. The molecule has 226 valence electrons. The summed E-state index contributed by atoms with van der Waals surface area (Å²) in [6.07, 6.45) is 1.20. The number of sulfonamides is 1. The van der Waals surface area contributed by atoms with Gasteiger partial charge in [-0.3, -0.25) is 13.9 Å². The van der Waals surface area contributed by atoms with E-state index in [-0.39, 0.29) is 40.5 Å². The molecule has 3 aromatic rings.